The number of morpholine rings is 1. The molecule has 5 nitrogen and oxygen atoms in total. The van der Waals surface area contributed by atoms with E-state index in [-0.39, 0.29) is 36.6 Å². The number of ether oxygens (including phenoxy) is 2. The molecule has 2 rings (SSSR count). The molecular formula is C15H22Cl2N2O3. The first-order valence-electron chi connectivity index (χ1n) is 7.02. The Morgan fingerprint density at radius 2 is 2.36 bits per heavy atom. The Bertz CT molecular complexity index is 488. The zero-order chi connectivity index (χ0) is 15.2. The van der Waals surface area contributed by atoms with Crippen molar-refractivity contribution in [2.45, 2.75) is 25.2 Å². The van der Waals surface area contributed by atoms with Gasteiger partial charge in [-0.3, -0.25) is 4.79 Å². The summed E-state index contributed by atoms with van der Waals surface area (Å²) in [6.07, 6.45) is -0.363. The average molecular weight is 349 g/mol. The molecule has 1 amide bonds. The number of methoxy groups -OCH3 is 1. The second-order valence-electron chi connectivity index (χ2n) is 5.03. The van der Waals surface area contributed by atoms with Crippen LogP contribution >= 0.6 is 24.0 Å². The van der Waals surface area contributed by atoms with Crippen molar-refractivity contribution < 1.29 is 14.3 Å². The van der Waals surface area contributed by atoms with Crippen molar-refractivity contribution in [3.8, 4) is 0 Å². The summed E-state index contributed by atoms with van der Waals surface area (Å²) in [5, 5.41) is 6.71. The van der Waals surface area contributed by atoms with Crippen LogP contribution in [-0.4, -0.2) is 44.9 Å². The Kier molecular flexibility index (Phi) is 8.14. The van der Waals surface area contributed by atoms with Crippen molar-refractivity contribution >= 4 is 29.9 Å². The SMILES string of the molecule is COC(CNC(=O)[C@H]1NCCO[C@@H]1C)c1cccc(Cl)c1.Cl. The topological polar surface area (TPSA) is 59.6 Å². The lowest BCUT2D eigenvalue weighted by atomic mass is 10.1. The molecule has 1 aliphatic rings. The molecule has 1 aliphatic heterocycles. The second-order valence-corrected chi connectivity index (χ2v) is 5.47. The summed E-state index contributed by atoms with van der Waals surface area (Å²) < 4.78 is 10.9. The molecule has 0 radical (unpaired) electrons. The molecule has 7 heteroatoms. The van der Waals surface area contributed by atoms with E-state index in [2.05, 4.69) is 10.6 Å². The van der Waals surface area contributed by atoms with Crippen molar-refractivity contribution in [3.05, 3.63) is 34.9 Å². The molecule has 1 saturated heterocycles. The van der Waals surface area contributed by atoms with Gasteiger partial charge in [-0.1, -0.05) is 23.7 Å². The molecule has 1 unspecified atom stereocenters. The Morgan fingerprint density at radius 3 is 3.00 bits per heavy atom. The summed E-state index contributed by atoms with van der Waals surface area (Å²) in [4.78, 5) is 12.2. The monoisotopic (exact) mass is 348 g/mol. The predicted molar refractivity (Wildman–Crippen MR) is 88.7 cm³/mol. The van der Waals surface area contributed by atoms with Crippen LogP contribution in [0.4, 0.5) is 0 Å². The number of benzene rings is 1. The van der Waals surface area contributed by atoms with Crippen LogP contribution in [-0.2, 0) is 14.3 Å². The lowest BCUT2D eigenvalue weighted by molar-refractivity contribution is -0.129. The number of halogens is 2. The summed E-state index contributed by atoms with van der Waals surface area (Å²) in [6, 6.07) is 7.12. The van der Waals surface area contributed by atoms with E-state index in [0.717, 1.165) is 5.56 Å². The van der Waals surface area contributed by atoms with Gasteiger partial charge in [0.25, 0.3) is 0 Å². The number of nitrogens with one attached hydrogen (secondary N) is 2. The van der Waals surface area contributed by atoms with Crippen LogP contribution in [0.3, 0.4) is 0 Å². The minimum absolute atomic E-state index is 0. The van der Waals surface area contributed by atoms with Gasteiger partial charge in [0.1, 0.15) is 6.04 Å². The smallest absolute Gasteiger partial charge is 0.239 e. The number of rotatable bonds is 5. The van der Waals surface area contributed by atoms with Crippen LogP contribution in [0.5, 0.6) is 0 Å². The second kappa shape index (κ2) is 9.33. The summed E-state index contributed by atoms with van der Waals surface area (Å²) in [6.45, 7) is 3.60. The highest BCUT2D eigenvalue weighted by Gasteiger charge is 2.28. The van der Waals surface area contributed by atoms with Gasteiger partial charge in [0.15, 0.2) is 0 Å². The molecule has 1 aromatic carbocycles. The van der Waals surface area contributed by atoms with Gasteiger partial charge in [0.2, 0.25) is 5.91 Å². The molecule has 0 bridgehead atoms. The minimum Gasteiger partial charge on any atom is -0.375 e. The average Bonchev–Trinajstić information content (AvgIpc) is 2.48. The van der Waals surface area contributed by atoms with E-state index in [9.17, 15) is 4.79 Å². The summed E-state index contributed by atoms with van der Waals surface area (Å²) in [5.74, 6) is -0.0775. The number of carbonyl (C=O) groups excluding carboxylic acids is 1. The van der Waals surface area contributed by atoms with E-state index in [1.54, 1.807) is 13.2 Å². The van der Waals surface area contributed by atoms with E-state index in [0.29, 0.717) is 24.7 Å². The fraction of sp³-hybridized carbons (Fsp3) is 0.533. The minimum atomic E-state index is -0.324. The highest BCUT2D eigenvalue weighted by atomic mass is 35.5. The Balaban J connectivity index is 0.00000242. The van der Waals surface area contributed by atoms with Crippen LogP contribution in [0.15, 0.2) is 24.3 Å². The Labute approximate surface area is 142 Å². The van der Waals surface area contributed by atoms with Gasteiger partial charge in [-0.25, -0.2) is 0 Å². The summed E-state index contributed by atoms with van der Waals surface area (Å²) in [5.41, 5.74) is 0.936. The maximum atomic E-state index is 12.2. The van der Waals surface area contributed by atoms with Gasteiger partial charge in [-0.15, -0.1) is 12.4 Å². The molecule has 1 aromatic rings. The quantitative estimate of drug-likeness (QED) is 0.853. The first kappa shape index (κ1) is 19.2. The van der Waals surface area contributed by atoms with Crippen molar-refractivity contribution in [2.75, 3.05) is 26.8 Å². The highest BCUT2D eigenvalue weighted by Crippen LogP contribution is 2.19. The van der Waals surface area contributed by atoms with Gasteiger partial charge in [-0.2, -0.15) is 0 Å². The molecule has 0 aromatic heterocycles. The molecule has 0 saturated carbocycles. The van der Waals surface area contributed by atoms with Gasteiger partial charge < -0.3 is 20.1 Å². The molecule has 1 fully saturated rings. The first-order valence-corrected chi connectivity index (χ1v) is 7.40. The van der Waals surface area contributed by atoms with E-state index >= 15 is 0 Å². The molecule has 124 valence electrons. The number of amides is 1. The number of carbonyl (C=O) groups is 1. The summed E-state index contributed by atoms with van der Waals surface area (Å²) in [7, 11) is 1.61. The third-order valence-corrected chi connectivity index (χ3v) is 3.80. The third kappa shape index (κ3) is 5.11. The first-order chi connectivity index (χ1) is 10.1. The van der Waals surface area contributed by atoms with Gasteiger partial charge in [-0.05, 0) is 24.6 Å². The van der Waals surface area contributed by atoms with Gasteiger partial charge in [0, 0.05) is 25.2 Å². The normalized spacial score (nSPS) is 22.5. The molecule has 2 N–H and O–H groups in total. The molecule has 0 aliphatic carbocycles. The predicted octanol–water partition coefficient (Wildman–Crippen LogP) is 1.94. The van der Waals surface area contributed by atoms with Crippen LogP contribution in [0.2, 0.25) is 5.02 Å². The van der Waals surface area contributed by atoms with E-state index in [4.69, 9.17) is 21.1 Å². The number of hydrogen-bond acceptors (Lipinski definition) is 4. The Morgan fingerprint density at radius 1 is 1.59 bits per heavy atom. The Hall–Kier alpha value is -0.850. The molecule has 1 heterocycles. The standard InChI is InChI=1S/C15H21ClN2O3.ClH/c1-10-14(17-6-7-21-10)15(19)18-9-13(20-2)11-4-3-5-12(16)8-11;/h3-5,8,10,13-14,17H,6-7,9H2,1-2H3,(H,18,19);1H/t10-,13?,14+;/m1./s1. The van der Waals surface area contributed by atoms with Crippen molar-refractivity contribution in [1.82, 2.24) is 10.6 Å². The lowest BCUT2D eigenvalue weighted by Gasteiger charge is -2.29. The maximum Gasteiger partial charge on any atom is 0.239 e. The molecule has 22 heavy (non-hydrogen) atoms. The zero-order valence-corrected chi connectivity index (χ0v) is 14.2. The van der Waals surface area contributed by atoms with Crippen LogP contribution < -0.4 is 10.6 Å². The van der Waals surface area contributed by atoms with Crippen molar-refractivity contribution in [1.29, 1.82) is 0 Å². The largest absolute Gasteiger partial charge is 0.375 e. The number of hydrogen-bond donors (Lipinski definition) is 2. The van der Waals surface area contributed by atoms with Gasteiger partial charge in [0.05, 0.1) is 18.8 Å². The zero-order valence-electron chi connectivity index (χ0n) is 12.7. The van der Waals surface area contributed by atoms with Gasteiger partial charge >= 0.3 is 0 Å². The fourth-order valence-corrected chi connectivity index (χ4v) is 2.57. The summed E-state index contributed by atoms with van der Waals surface area (Å²) >= 11 is 5.98. The molecule has 3 atom stereocenters. The van der Waals surface area contributed by atoms with Crippen LogP contribution in [0, 0.1) is 0 Å². The molecule has 0 spiro atoms. The highest BCUT2D eigenvalue weighted by molar-refractivity contribution is 6.30. The van der Waals surface area contributed by atoms with E-state index in [1.165, 1.54) is 0 Å². The molecular weight excluding hydrogens is 327 g/mol. The van der Waals surface area contributed by atoms with Crippen LogP contribution in [0.1, 0.15) is 18.6 Å². The van der Waals surface area contributed by atoms with Crippen molar-refractivity contribution in [2.24, 2.45) is 0 Å². The lowest BCUT2D eigenvalue weighted by Crippen LogP contribution is -2.55. The van der Waals surface area contributed by atoms with E-state index < -0.39 is 0 Å². The van der Waals surface area contributed by atoms with Crippen LogP contribution in [0.25, 0.3) is 0 Å². The van der Waals surface area contributed by atoms with Crippen molar-refractivity contribution in [3.63, 3.8) is 0 Å². The maximum absolute atomic E-state index is 12.2. The fourth-order valence-electron chi connectivity index (χ4n) is 2.37. The van der Waals surface area contributed by atoms with E-state index in [1.807, 2.05) is 25.1 Å². The third-order valence-electron chi connectivity index (χ3n) is 3.57.